The van der Waals surface area contributed by atoms with Crippen LogP contribution in [0.2, 0.25) is 0 Å². The molecule has 0 unspecified atom stereocenters. The van der Waals surface area contributed by atoms with Crippen molar-refractivity contribution in [3.05, 3.63) is 101 Å². The third kappa shape index (κ3) is 6.68. The first-order chi connectivity index (χ1) is 19.8. The Morgan fingerprint density at radius 2 is 1.90 bits per heavy atom. The van der Waals surface area contributed by atoms with Crippen LogP contribution in [-0.2, 0) is 6.61 Å². The Morgan fingerprint density at radius 3 is 2.66 bits per heavy atom. The van der Waals surface area contributed by atoms with Gasteiger partial charge in [-0.3, -0.25) is 14.9 Å². The number of hydrogen-bond acceptors (Lipinski definition) is 7. The number of fused-ring (bicyclic) bond motifs is 1. The molecular formula is C30H28Br2N4O5. The van der Waals surface area contributed by atoms with Gasteiger partial charge >= 0.3 is 0 Å². The van der Waals surface area contributed by atoms with E-state index in [1.54, 1.807) is 30.5 Å². The molecule has 0 N–H and O–H groups in total. The Bertz CT molecular complexity index is 1680. The zero-order chi connectivity index (χ0) is 28.9. The number of hydrogen-bond donors (Lipinski definition) is 0. The molecule has 4 aromatic rings. The fourth-order valence-electron chi connectivity index (χ4n) is 5.01. The summed E-state index contributed by atoms with van der Waals surface area (Å²) >= 11 is 7.04. The number of ether oxygens (including phenoxy) is 2. The van der Waals surface area contributed by atoms with Gasteiger partial charge in [0.1, 0.15) is 12.4 Å². The topological polar surface area (TPSA) is 109 Å². The Kier molecular flexibility index (Phi) is 9.14. The highest BCUT2D eigenvalue weighted by Crippen LogP contribution is 2.37. The molecule has 0 spiro atoms. The van der Waals surface area contributed by atoms with Crippen molar-refractivity contribution in [1.29, 1.82) is 0 Å². The maximum atomic E-state index is 13.6. The lowest BCUT2D eigenvalue weighted by Gasteiger charge is -2.22. The molecule has 0 atom stereocenters. The summed E-state index contributed by atoms with van der Waals surface area (Å²) in [5, 5.41) is 16.3. The highest BCUT2D eigenvalue weighted by Gasteiger charge is 2.23. The molecule has 1 aromatic heterocycles. The number of non-ortho nitro benzene ring substituents is 1. The quantitative estimate of drug-likeness (QED) is 0.101. The molecular weight excluding hydrogens is 656 g/mol. The summed E-state index contributed by atoms with van der Waals surface area (Å²) in [6, 6.07) is 15.4. The summed E-state index contributed by atoms with van der Waals surface area (Å²) in [5.74, 6) is 1.79. The van der Waals surface area contributed by atoms with E-state index < -0.39 is 4.92 Å². The monoisotopic (exact) mass is 682 g/mol. The summed E-state index contributed by atoms with van der Waals surface area (Å²) in [4.78, 5) is 29.2. The van der Waals surface area contributed by atoms with Gasteiger partial charge in [0, 0.05) is 22.5 Å². The summed E-state index contributed by atoms with van der Waals surface area (Å²) < 4.78 is 14.7. The van der Waals surface area contributed by atoms with Crippen LogP contribution < -0.4 is 15.0 Å². The van der Waals surface area contributed by atoms with Crippen molar-refractivity contribution in [1.82, 2.24) is 9.66 Å². The van der Waals surface area contributed by atoms with E-state index in [1.807, 2.05) is 25.1 Å². The van der Waals surface area contributed by atoms with Crippen LogP contribution in [0.5, 0.6) is 11.5 Å². The maximum absolute atomic E-state index is 13.6. The molecule has 1 heterocycles. The Labute approximate surface area is 253 Å². The van der Waals surface area contributed by atoms with Gasteiger partial charge in [-0.2, -0.15) is 9.78 Å². The molecule has 212 valence electrons. The minimum absolute atomic E-state index is 0.000124. The Hall–Kier alpha value is -3.57. The minimum atomic E-state index is -0.436. The van der Waals surface area contributed by atoms with Gasteiger partial charge in [-0.05, 0) is 77.2 Å². The van der Waals surface area contributed by atoms with E-state index >= 15 is 0 Å². The van der Waals surface area contributed by atoms with Gasteiger partial charge < -0.3 is 9.47 Å². The third-order valence-electron chi connectivity index (χ3n) is 6.96. The van der Waals surface area contributed by atoms with E-state index in [2.05, 4.69) is 37.0 Å². The van der Waals surface area contributed by atoms with Crippen molar-refractivity contribution in [2.24, 2.45) is 5.10 Å². The lowest BCUT2D eigenvalue weighted by Crippen LogP contribution is -2.25. The molecule has 0 radical (unpaired) electrons. The predicted octanol–water partition coefficient (Wildman–Crippen LogP) is 7.74. The van der Waals surface area contributed by atoms with Crippen LogP contribution in [0.3, 0.4) is 0 Å². The molecule has 41 heavy (non-hydrogen) atoms. The fourth-order valence-corrected chi connectivity index (χ4v) is 5.94. The van der Waals surface area contributed by atoms with E-state index in [4.69, 9.17) is 14.5 Å². The standard InChI is InChI=1S/C30H28Br2N4O5/c1-2-40-27-15-20(14-25(32)28(27)41-18-19-7-6-10-23(13-19)36(38)39)17-33-35-29(21-8-4-3-5-9-21)34-26-12-11-22(31)16-24(26)30(35)37/h6-7,10-17,21H,2-5,8-9,18H2,1H3. The second kappa shape index (κ2) is 12.9. The van der Waals surface area contributed by atoms with E-state index in [1.165, 1.54) is 23.2 Å². The van der Waals surface area contributed by atoms with Crippen molar-refractivity contribution in [2.45, 2.75) is 51.6 Å². The van der Waals surface area contributed by atoms with Crippen molar-refractivity contribution in [3.63, 3.8) is 0 Å². The summed E-state index contributed by atoms with van der Waals surface area (Å²) in [6.45, 7) is 2.38. The summed E-state index contributed by atoms with van der Waals surface area (Å²) in [7, 11) is 0. The number of nitro groups is 1. The zero-order valence-electron chi connectivity index (χ0n) is 22.4. The van der Waals surface area contributed by atoms with Gasteiger partial charge in [0.05, 0.1) is 33.1 Å². The van der Waals surface area contributed by atoms with E-state index in [9.17, 15) is 14.9 Å². The van der Waals surface area contributed by atoms with E-state index in [0.717, 1.165) is 30.2 Å². The smallest absolute Gasteiger partial charge is 0.282 e. The van der Waals surface area contributed by atoms with Gasteiger partial charge in [-0.25, -0.2) is 4.98 Å². The largest absolute Gasteiger partial charge is 0.490 e. The molecule has 9 nitrogen and oxygen atoms in total. The van der Waals surface area contributed by atoms with Crippen molar-refractivity contribution < 1.29 is 14.4 Å². The fraction of sp³-hybridized carbons (Fsp3) is 0.300. The van der Waals surface area contributed by atoms with E-state index in [0.29, 0.717) is 50.4 Å². The second-order valence-corrected chi connectivity index (χ2v) is 11.6. The van der Waals surface area contributed by atoms with Gasteiger partial charge in [0.2, 0.25) is 0 Å². The zero-order valence-corrected chi connectivity index (χ0v) is 25.6. The van der Waals surface area contributed by atoms with Crippen LogP contribution >= 0.6 is 31.9 Å². The van der Waals surface area contributed by atoms with Crippen LogP contribution in [0, 0.1) is 10.1 Å². The summed E-state index contributed by atoms with van der Waals surface area (Å²) in [6.07, 6.45) is 6.96. The molecule has 5 rings (SSSR count). The lowest BCUT2D eigenvalue weighted by atomic mass is 9.88. The molecule has 0 bridgehead atoms. The number of halogens is 2. The van der Waals surface area contributed by atoms with Crippen molar-refractivity contribution >= 4 is 54.7 Å². The molecule has 1 aliphatic rings. The normalized spacial score (nSPS) is 14.0. The highest BCUT2D eigenvalue weighted by molar-refractivity contribution is 9.10. The molecule has 3 aromatic carbocycles. The SMILES string of the molecule is CCOc1cc(C=Nn2c(C3CCCCC3)nc3ccc(Br)cc3c2=O)cc(Br)c1OCc1cccc([N+](=O)[O-])c1. The van der Waals surface area contributed by atoms with Gasteiger partial charge in [0.25, 0.3) is 11.2 Å². The van der Waals surface area contributed by atoms with Crippen molar-refractivity contribution in [3.8, 4) is 11.5 Å². The van der Waals surface area contributed by atoms with Crippen LogP contribution in [0.4, 0.5) is 5.69 Å². The van der Waals surface area contributed by atoms with Crippen LogP contribution in [0.25, 0.3) is 10.9 Å². The highest BCUT2D eigenvalue weighted by atomic mass is 79.9. The number of nitrogens with zero attached hydrogens (tertiary/aromatic N) is 4. The molecule has 0 saturated heterocycles. The van der Waals surface area contributed by atoms with Crippen LogP contribution in [-0.4, -0.2) is 27.4 Å². The van der Waals surface area contributed by atoms with Gasteiger partial charge in [0.15, 0.2) is 11.5 Å². The predicted molar refractivity (Wildman–Crippen MR) is 165 cm³/mol. The lowest BCUT2D eigenvalue weighted by molar-refractivity contribution is -0.384. The third-order valence-corrected chi connectivity index (χ3v) is 8.04. The van der Waals surface area contributed by atoms with Gasteiger partial charge in [-0.15, -0.1) is 0 Å². The molecule has 0 aliphatic heterocycles. The average molecular weight is 684 g/mol. The molecule has 1 fully saturated rings. The Morgan fingerprint density at radius 1 is 1.10 bits per heavy atom. The molecule has 11 heteroatoms. The first-order valence-corrected chi connectivity index (χ1v) is 15.0. The second-order valence-electron chi connectivity index (χ2n) is 9.81. The number of nitro benzene ring substituents is 1. The van der Waals surface area contributed by atoms with E-state index in [-0.39, 0.29) is 23.8 Å². The first-order valence-electron chi connectivity index (χ1n) is 13.4. The summed E-state index contributed by atoms with van der Waals surface area (Å²) in [5.41, 5.74) is 1.80. The maximum Gasteiger partial charge on any atom is 0.282 e. The number of aromatic nitrogens is 2. The molecule has 0 amide bonds. The average Bonchev–Trinajstić information content (AvgIpc) is 2.97. The van der Waals surface area contributed by atoms with Crippen LogP contribution in [0.1, 0.15) is 61.9 Å². The van der Waals surface area contributed by atoms with Crippen LogP contribution in [0.15, 0.2) is 73.4 Å². The number of benzene rings is 3. The first kappa shape index (κ1) is 28.9. The molecule has 1 saturated carbocycles. The van der Waals surface area contributed by atoms with Gasteiger partial charge in [-0.1, -0.05) is 47.3 Å². The Balaban J connectivity index is 1.49. The number of rotatable bonds is 9. The minimum Gasteiger partial charge on any atom is -0.490 e. The molecule has 1 aliphatic carbocycles. The van der Waals surface area contributed by atoms with Crippen molar-refractivity contribution in [2.75, 3.05) is 6.61 Å².